The van der Waals surface area contributed by atoms with Crippen LogP contribution in [0.3, 0.4) is 0 Å². The molecule has 2 aliphatic heterocycles. The number of fused-ring (bicyclic) bond motifs is 1. The zero-order chi connectivity index (χ0) is 32.9. The second-order valence-corrected chi connectivity index (χ2v) is 14.0. The number of carbonyl (C=O) groups is 3. The summed E-state index contributed by atoms with van der Waals surface area (Å²) < 4.78 is 7.48. The number of aryl methyl sites for hydroxylation is 1. The van der Waals surface area contributed by atoms with E-state index in [1.165, 1.54) is 4.68 Å². The van der Waals surface area contributed by atoms with Crippen molar-refractivity contribution in [1.29, 1.82) is 0 Å². The van der Waals surface area contributed by atoms with Crippen molar-refractivity contribution < 1.29 is 19.1 Å². The van der Waals surface area contributed by atoms with Gasteiger partial charge < -0.3 is 0 Å². The fourth-order valence-corrected chi connectivity index (χ4v) is 8.04. The Labute approximate surface area is 282 Å². The van der Waals surface area contributed by atoms with Gasteiger partial charge in [0, 0.05) is 0 Å². The summed E-state index contributed by atoms with van der Waals surface area (Å²) in [6.07, 6.45) is 0.175. The van der Waals surface area contributed by atoms with Crippen LogP contribution in [0.15, 0.2) is 78.9 Å². The molecule has 2 aliphatic rings. The standard InChI is InChI=1S/C36H40AsN6O4/c1-4-27-13-9-10-14-31(27)42(5-2)35(45)41-23-30-32(24-41)43(36(46)47-25-26-11-7-6-8-12-26)38-33(30)37-34(44)28-15-17-29(18-16-28)40-21-19-39(3)20-22-40/h6-18H,4-5,19-25H2,1-3H3. The first-order valence-corrected chi connectivity index (χ1v) is 18.0. The zero-order valence-corrected chi connectivity index (χ0v) is 29.0. The Hall–Kier alpha value is -4.40. The first-order chi connectivity index (χ1) is 22.9. The summed E-state index contributed by atoms with van der Waals surface area (Å²) >= 11 is -1.08. The number of aromatic nitrogens is 2. The van der Waals surface area contributed by atoms with Crippen molar-refractivity contribution in [2.75, 3.05) is 49.6 Å². The second kappa shape index (κ2) is 14.6. The molecule has 47 heavy (non-hydrogen) atoms. The SMILES string of the molecule is CCc1ccccc1N(CC)C(=O)N1Cc2c([As]C(=O)c3ccc(N4CCN(C)CC4)cc3)nn(C(=O)OCc3ccccc3)c2C1. The van der Waals surface area contributed by atoms with E-state index in [1.54, 1.807) is 9.80 Å². The van der Waals surface area contributed by atoms with E-state index in [0.717, 1.165) is 60.7 Å². The first kappa shape index (κ1) is 32.5. The number of anilines is 2. The third-order valence-corrected chi connectivity index (χ3v) is 11.0. The number of para-hydroxylation sites is 1. The van der Waals surface area contributed by atoms with Crippen molar-refractivity contribution in [3.8, 4) is 0 Å². The van der Waals surface area contributed by atoms with Gasteiger partial charge in [0.05, 0.1) is 0 Å². The Balaban J connectivity index is 1.24. The minimum atomic E-state index is -1.08. The fourth-order valence-electron chi connectivity index (χ4n) is 6.07. The van der Waals surface area contributed by atoms with Gasteiger partial charge in [0.15, 0.2) is 0 Å². The van der Waals surface area contributed by atoms with Crippen LogP contribution in [0.25, 0.3) is 0 Å². The number of carbonyl (C=O) groups excluding carboxylic acids is 3. The number of urea groups is 1. The van der Waals surface area contributed by atoms with Gasteiger partial charge in [0.2, 0.25) is 0 Å². The molecule has 0 spiro atoms. The van der Waals surface area contributed by atoms with E-state index in [0.29, 0.717) is 22.3 Å². The summed E-state index contributed by atoms with van der Waals surface area (Å²) in [5.41, 5.74) is 5.91. The van der Waals surface area contributed by atoms with Crippen LogP contribution in [-0.2, 0) is 30.9 Å². The van der Waals surface area contributed by atoms with Crippen LogP contribution in [0.2, 0.25) is 0 Å². The molecule has 11 heteroatoms. The summed E-state index contributed by atoms with van der Waals surface area (Å²) in [6, 6.07) is 25.0. The minimum absolute atomic E-state index is 0.00638. The van der Waals surface area contributed by atoms with Crippen molar-refractivity contribution in [2.45, 2.75) is 40.0 Å². The molecule has 4 aromatic rings. The molecule has 0 atom stereocenters. The first-order valence-electron chi connectivity index (χ1n) is 16.1. The second-order valence-electron chi connectivity index (χ2n) is 11.8. The number of hydrogen-bond donors (Lipinski definition) is 0. The van der Waals surface area contributed by atoms with Crippen LogP contribution >= 0.6 is 0 Å². The molecular formula is C36H40AsN6O4. The normalized spacial score (nSPS) is 14.9. The molecule has 0 aliphatic carbocycles. The van der Waals surface area contributed by atoms with Crippen molar-refractivity contribution in [3.63, 3.8) is 0 Å². The van der Waals surface area contributed by atoms with Gasteiger partial charge in [-0.1, -0.05) is 0 Å². The summed E-state index contributed by atoms with van der Waals surface area (Å²) in [5.74, 6) is 0. The van der Waals surface area contributed by atoms with E-state index < -0.39 is 21.8 Å². The van der Waals surface area contributed by atoms with E-state index in [2.05, 4.69) is 28.9 Å². The molecule has 1 radical (unpaired) electrons. The number of benzene rings is 3. The molecule has 0 N–H and O–H groups in total. The molecule has 3 aromatic carbocycles. The predicted octanol–water partition coefficient (Wildman–Crippen LogP) is 4.51. The maximum absolute atomic E-state index is 14.0. The monoisotopic (exact) mass is 695 g/mol. The molecule has 1 aromatic heterocycles. The van der Waals surface area contributed by atoms with Crippen molar-refractivity contribution >= 4 is 48.3 Å². The molecule has 0 bridgehead atoms. The molecule has 0 saturated carbocycles. The molecule has 10 nitrogen and oxygen atoms in total. The number of hydrogen-bond acceptors (Lipinski definition) is 7. The Morgan fingerprint density at radius 3 is 2.28 bits per heavy atom. The average molecular weight is 696 g/mol. The van der Waals surface area contributed by atoms with Gasteiger partial charge in [0.1, 0.15) is 0 Å². The maximum atomic E-state index is 14.0. The Kier molecular flexibility index (Phi) is 10.1. The Bertz CT molecular complexity index is 1730. The topological polar surface area (TPSA) is 91.2 Å². The van der Waals surface area contributed by atoms with Crippen molar-refractivity contribution in [2.24, 2.45) is 0 Å². The number of likely N-dealkylation sites (N-methyl/N-ethyl adjacent to an activating group) is 1. The number of amides is 2. The van der Waals surface area contributed by atoms with Gasteiger partial charge in [0.25, 0.3) is 0 Å². The quantitative estimate of drug-likeness (QED) is 0.238. The fraction of sp³-hybridized carbons (Fsp3) is 0.333. The third-order valence-electron chi connectivity index (χ3n) is 8.81. The average Bonchev–Trinajstić information content (AvgIpc) is 3.69. The van der Waals surface area contributed by atoms with Gasteiger partial charge >= 0.3 is 283 Å². The molecule has 6 rings (SSSR count). The summed E-state index contributed by atoms with van der Waals surface area (Å²) in [6.45, 7) is 9.01. The molecule has 2 amide bonds. The summed E-state index contributed by atoms with van der Waals surface area (Å²) in [5, 5.41) is 4.65. The number of ether oxygens (including phenoxy) is 1. The predicted molar refractivity (Wildman–Crippen MR) is 184 cm³/mol. The number of rotatable bonds is 9. The number of nitrogens with zero attached hydrogens (tertiary/aromatic N) is 6. The molecule has 1 saturated heterocycles. The van der Waals surface area contributed by atoms with E-state index >= 15 is 0 Å². The summed E-state index contributed by atoms with van der Waals surface area (Å²) in [7, 11) is 2.13. The summed E-state index contributed by atoms with van der Waals surface area (Å²) in [4.78, 5) is 49.2. The number of piperazine rings is 1. The van der Waals surface area contributed by atoms with Crippen LogP contribution in [-0.4, -0.2) is 91.8 Å². The third kappa shape index (κ3) is 7.14. The molecule has 1 fully saturated rings. The Morgan fingerprint density at radius 2 is 1.57 bits per heavy atom. The Morgan fingerprint density at radius 1 is 0.872 bits per heavy atom. The van der Waals surface area contributed by atoms with Crippen LogP contribution in [0.1, 0.15) is 46.6 Å². The van der Waals surface area contributed by atoms with Gasteiger partial charge in [-0.15, -0.1) is 0 Å². The van der Waals surface area contributed by atoms with Crippen LogP contribution < -0.4 is 14.3 Å². The molecule has 243 valence electrons. The van der Waals surface area contributed by atoms with Gasteiger partial charge in [-0.3, -0.25) is 0 Å². The molecular weight excluding hydrogens is 655 g/mol. The van der Waals surface area contributed by atoms with Crippen LogP contribution in [0.5, 0.6) is 0 Å². The van der Waals surface area contributed by atoms with Crippen LogP contribution in [0, 0.1) is 0 Å². The van der Waals surface area contributed by atoms with E-state index in [4.69, 9.17) is 4.74 Å². The van der Waals surface area contributed by atoms with Gasteiger partial charge in [-0.05, 0) is 0 Å². The molecule has 0 unspecified atom stereocenters. The zero-order valence-electron chi connectivity index (χ0n) is 27.1. The van der Waals surface area contributed by atoms with Crippen molar-refractivity contribution in [3.05, 3.63) is 107 Å². The van der Waals surface area contributed by atoms with E-state index in [-0.39, 0.29) is 30.3 Å². The van der Waals surface area contributed by atoms with Gasteiger partial charge in [-0.2, -0.15) is 0 Å². The van der Waals surface area contributed by atoms with Gasteiger partial charge in [-0.25, -0.2) is 0 Å². The van der Waals surface area contributed by atoms with Crippen molar-refractivity contribution in [1.82, 2.24) is 19.6 Å². The molecule has 3 heterocycles. The van der Waals surface area contributed by atoms with E-state index in [1.807, 2.05) is 85.8 Å². The van der Waals surface area contributed by atoms with E-state index in [9.17, 15) is 14.4 Å². The van der Waals surface area contributed by atoms with Crippen LogP contribution in [0.4, 0.5) is 21.0 Å².